The number of carbonyl (C=O) groups excluding carboxylic acids is 3. The Morgan fingerprint density at radius 2 is 1.79 bits per heavy atom. The lowest BCUT2D eigenvalue weighted by Crippen LogP contribution is -2.35. The molecule has 2 N–H and O–H groups in total. The van der Waals surface area contributed by atoms with Crippen LogP contribution >= 0.6 is 15.9 Å². The summed E-state index contributed by atoms with van der Waals surface area (Å²) in [7, 11) is 0. The largest absolute Gasteiger partial charge is 0.360 e. The van der Waals surface area contributed by atoms with Crippen molar-refractivity contribution in [3.05, 3.63) is 58.7 Å². The fourth-order valence-corrected chi connectivity index (χ4v) is 5.09. The van der Waals surface area contributed by atoms with E-state index in [-0.39, 0.29) is 23.6 Å². The quantitative estimate of drug-likeness (QED) is 0.540. The number of nitrogens with one attached hydrogen (secondary N) is 2. The predicted molar refractivity (Wildman–Crippen MR) is 131 cm³/mol. The topological polar surface area (TPSA) is 85.5 Å². The average molecular weight is 509 g/mol. The number of anilines is 2. The first kappa shape index (κ1) is 21.7. The highest BCUT2D eigenvalue weighted by atomic mass is 79.9. The third kappa shape index (κ3) is 4.39. The Kier molecular flexibility index (Phi) is 5.93. The Morgan fingerprint density at radius 1 is 1.03 bits per heavy atom. The van der Waals surface area contributed by atoms with Gasteiger partial charge in [-0.3, -0.25) is 14.4 Å². The van der Waals surface area contributed by atoms with Crippen LogP contribution in [0.3, 0.4) is 0 Å². The predicted octanol–water partition coefficient (Wildman–Crippen LogP) is 4.23. The van der Waals surface area contributed by atoms with Crippen LogP contribution < -0.4 is 15.1 Å². The third-order valence-corrected chi connectivity index (χ3v) is 7.10. The van der Waals surface area contributed by atoms with Crippen LogP contribution in [0.4, 0.5) is 11.4 Å². The lowest BCUT2D eigenvalue weighted by atomic mass is 10.1. The number of carbonyl (C=O) groups is 3. The fourth-order valence-electron chi connectivity index (χ4n) is 4.63. The molecular weight excluding hydrogens is 484 g/mol. The van der Waals surface area contributed by atoms with Crippen LogP contribution in [-0.4, -0.2) is 42.3 Å². The maximum atomic E-state index is 12.6. The van der Waals surface area contributed by atoms with E-state index >= 15 is 0 Å². The maximum Gasteiger partial charge on any atom is 0.251 e. The van der Waals surface area contributed by atoms with Crippen molar-refractivity contribution in [3.63, 3.8) is 0 Å². The molecule has 2 saturated heterocycles. The zero-order valence-corrected chi connectivity index (χ0v) is 19.7. The second-order valence-electron chi connectivity index (χ2n) is 8.70. The SMILES string of the molecule is O=C(NCC1CC(=O)N(c2ccc(N3CCCCC3=O)cc2)C1)c1ccc2c(Br)c[nH]c2c1. The molecule has 7 nitrogen and oxygen atoms in total. The summed E-state index contributed by atoms with van der Waals surface area (Å²) >= 11 is 3.48. The number of hydrogen-bond acceptors (Lipinski definition) is 3. The van der Waals surface area contributed by atoms with E-state index < -0.39 is 0 Å². The zero-order valence-electron chi connectivity index (χ0n) is 18.1. The van der Waals surface area contributed by atoms with Gasteiger partial charge in [-0.2, -0.15) is 0 Å². The first-order chi connectivity index (χ1) is 16.0. The van der Waals surface area contributed by atoms with Gasteiger partial charge in [0.15, 0.2) is 0 Å². The van der Waals surface area contributed by atoms with Gasteiger partial charge in [0.2, 0.25) is 11.8 Å². The summed E-state index contributed by atoms with van der Waals surface area (Å²) in [5.74, 6) is 0.107. The molecule has 3 aromatic rings. The standard InChI is InChI=1S/C25H25BrN4O3/c26-21-14-27-22-12-17(4-9-20(21)22)25(33)28-13-16-11-24(32)30(15-16)19-7-5-18(6-8-19)29-10-2-1-3-23(29)31/h4-9,12,14,16,27H,1-3,10-11,13,15H2,(H,28,33). The Morgan fingerprint density at radius 3 is 2.55 bits per heavy atom. The van der Waals surface area contributed by atoms with E-state index in [0.717, 1.165) is 46.1 Å². The first-order valence-corrected chi connectivity index (χ1v) is 12.0. The van der Waals surface area contributed by atoms with Gasteiger partial charge in [-0.05, 0) is 65.2 Å². The molecule has 33 heavy (non-hydrogen) atoms. The molecule has 8 heteroatoms. The monoisotopic (exact) mass is 508 g/mol. The second kappa shape index (κ2) is 9.02. The Hall–Kier alpha value is -3.13. The highest BCUT2D eigenvalue weighted by molar-refractivity contribution is 9.10. The average Bonchev–Trinajstić information content (AvgIpc) is 3.40. The number of rotatable bonds is 5. The number of benzene rings is 2. The van der Waals surface area contributed by atoms with Crippen molar-refractivity contribution in [2.45, 2.75) is 25.7 Å². The van der Waals surface area contributed by atoms with Crippen LogP contribution in [0.25, 0.3) is 10.9 Å². The molecule has 0 aliphatic carbocycles. The van der Waals surface area contributed by atoms with Gasteiger partial charge in [-0.15, -0.1) is 0 Å². The Bertz CT molecular complexity index is 1220. The van der Waals surface area contributed by atoms with Crippen molar-refractivity contribution >= 4 is 55.9 Å². The lowest BCUT2D eigenvalue weighted by molar-refractivity contribution is -0.119. The van der Waals surface area contributed by atoms with E-state index in [1.54, 1.807) is 11.0 Å². The van der Waals surface area contributed by atoms with Crippen LogP contribution in [-0.2, 0) is 9.59 Å². The van der Waals surface area contributed by atoms with Crippen molar-refractivity contribution in [1.29, 1.82) is 0 Å². The molecule has 1 aromatic heterocycles. The molecule has 0 radical (unpaired) electrons. The van der Waals surface area contributed by atoms with E-state index in [0.29, 0.717) is 31.5 Å². The molecular formula is C25H25BrN4O3. The van der Waals surface area contributed by atoms with E-state index in [1.807, 2.05) is 47.5 Å². The summed E-state index contributed by atoms with van der Waals surface area (Å²) in [6, 6.07) is 13.2. The fraction of sp³-hybridized carbons (Fsp3) is 0.320. The molecule has 170 valence electrons. The highest BCUT2D eigenvalue weighted by Gasteiger charge is 2.31. The summed E-state index contributed by atoms with van der Waals surface area (Å²) in [5.41, 5.74) is 3.18. The van der Waals surface area contributed by atoms with Crippen LogP contribution in [0, 0.1) is 5.92 Å². The molecule has 1 unspecified atom stereocenters. The number of aromatic amines is 1. The number of aromatic nitrogens is 1. The summed E-state index contributed by atoms with van der Waals surface area (Å²) in [5, 5.41) is 4.00. The molecule has 0 spiro atoms. The van der Waals surface area contributed by atoms with Crippen molar-refractivity contribution in [1.82, 2.24) is 10.3 Å². The van der Waals surface area contributed by atoms with E-state index in [1.165, 1.54) is 0 Å². The Balaban J connectivity index is 1.19. The number of amides is 3. The van der Waals surface area contributed by atoms with Gasteiger partial charge in [0.1, 0.15) is 0 Å². The molecule has 2 aliphatic rings. The lowest BCUT2D eigenvalue weighted by Gasteiger charge is -2.27. The maximum absolute atomic E-state index is 12.6. The number of halogens is 1. The molecule has 2 aliphatic heterocycles. The summed E-state index contributed by atoms with van der Waals surface area (Å²) in [4.78, 5) is 44.1. The van der Waals surface area contributed by atoms with E-state index in [2.05, 4.69) is 26.2 Å². The summed E-state index contributed by atoms with van der Waals surface area (Å²) in [6.07, 6.45) is 4.81. The number of nitrogens with zero attached hydrogens (tertiary/aromatic N) is 2. The molecule has 2 aromatic carbocycles. The van der Waals surface area contributed by atoms with E-state index in [4.69, 9.17) is 0 Å². The molecule has 0 bridgehead atoms. The number of H-pyrrole nitrogens is 1. The molecule has 5 rings (SSSR count). The van der Waals surface area contributed by atoms with Crippen molar-refractivity contribution < 1.29 is 14.4 Å². The second-order valence-corrected chi connectivity index (χ2v) is 9.55. The zero-order chi connectivity index (χ0) is 22.9. The van der Waals surface area contributed by atoms with Gasteiger partial charge in [-0.1, -0.05) is 6.07 Å². The minimum Gasteiger partial charge on any atom is -0.360 e. The van der Waals surface area contributed by atoms with Gasteiger partial charge >= 0.3 is 0 Å². The van der Waals surface area contributed by atoms with E-state index in [9.17, 15) is 14.4 Å². The van der Waals surface area contributed by atoms with Gasteiger partial charge < -0.3 is 20.1 Å². The van der Waals surface area contributed by atoms with Crippen LogP contribution in [0.2, 0.25) is 0 Å². The van der Waals surface area contributed by atoms with Crippen molar-refractivity contribution in [2.75, 3.05) is 29.4 Å². The molecule has 1 atom stereocenters. The van der Waals surface area contributed by atoms with Crippen LogP contribution in [0.1, 0.15) is 36.0 Å². The minimum absolute atomic E-state index is 0.0492. The molecule has 3 heterocycles. The summed E-state index contributed by atoms with van der Waals surface area (Å²) < 4.78 is 0.963. The number of hydrogen-bond donors (Lipinski definition) is 2. The van der Waals surface area contributed by atoms with Gasteiger partial charge in [0, 0.05) is 76.9 Å². The highest BCUT2D eigenvalue weighted by Crippen LogP contribution is 2.29. The van der Waals surface area contributed by atoms with Gasteiger partial charge in [-0.25, -0.2) is 0 Å². The van der Waals surface area contributed by atoms with Crippen molar-refractivity contribution in [3.8, 4) is 0 Å². The van der Waals surface area contributed by atoms with Gasteiger partial charge in [0.05, 0.1) is 0 Å². The van der Waals surface area contributed by atoms with Gasteiger partial charge in [0.25, 0.3) is 5.91 Å². The van der Waals surface area contributed by atoms with Crippen LogP contribution in [0.15, 0.2) is 53.1 Å². The minimum atomic E-state index is -0.149. The number of fused-ring (bicyclic) bond motifs is 1. The number of piperidine rings is 1. The molecule has 2 fully saturated rings. The summed E-state index contributed by atoms with van der Waals surface area (Å²) in [6.45, 7) is 1.74. The molecule has 0 saturated carbocycles. The first-order valence-electron chi connectivity index (χ1n) is 11.3. The van der Waals surface area contributed by atoms with Crippen molar-refractivity contribution in [2.24, 2.45) is 5.92 Å². The smallest absolute Gasteiger partial charge is 0.251 e. The van der Waals surface area contributed by atoms with Crippen LogP contribution in [0.5, 0.6) is 0 Å². The third-order valence-electron chi connectivity index (χ3n) is 6.45. The molecule has 3 amide bonds. The normalized spacial score (nSPS) is 18.9. The Labute approximate surface area is 200 Å².